The summed E-state index contributed by atoms with van der Waals surface area (Å²) >= 11 is 0. The number of benzene rings is 1. The zero-order valence-electron chi connectivity index (χ0n) is 12.4. The second-order valence-corrected chi connectivity index (χ2v) is 6.22. The number of para-hydroxylation sites is 1. The van der Waals surface area contributed by atoms with E-state index in [0.29, 0.717) is 5.96 Å². The average Bonchev–Trinajstić information content (AvgIpc) is 3.05. The van der Waals surface area contributed by atoms with Crippen molar-refractivity contribution in [2.24, 2.45) is 10.7 Å². The van der Waals surface area contributed by atoms with Gasteiger partial charge in [-0.1, -0.05) is 18.2 Å². The third-order valence-electron chi connectivity index (χ3n) is 3.10. The predicted octanol–water partition coefficient (Wildman–Crippen LogP) is 2.85. The van der Waals surface area contributed by atoms with Crippen molar-refractivity contribution in [3.63, 3.8) is 0 Å². The number of hydrogen-bond donors (Lipinski definition) is 2. The van der Waals surface area contributed by atoms with E-state index in [2.05, 4.69) is 15.0 Å². The minimum atomic E-state index is -2.82. The van der Waals surface area contributed by atoms with Gasteiger partial charge in [0.1, 0.15) is 5.75 Å². The van der Waals surface area contributed by atoms with Gasteiger partial charge in [-0.2, -0.15) is 8.78 Å². The lowest BCUT2D eigenvalue weighted by Gasteiger charge is -2.21. The fourth-order valence-corrected chi connectivity index (χ4v) is 2.24. The Bertz CT molecular complexity index is 526. The monoisotopic (exact) mass is 297 g/mol. The molecule has 0 spiro atoms. The highest BCUT2D eigenvalue weighted by Gasteiger charge is 2.40. The van der Waals surface area contributed by atoms with Crippen LogP contribution in [0.2, 0.25) is 0 Å². The van der Waals surface area contributed by atoms with Gasteiger partial charge in [0.15, 0.2) is 5.96 Å². The molecule has 1 aromatic carbocycles. The third-order valence-corrected chi connectivity index (χ3v) is 3.10. The van der Waals surface area contributed by atoms with Crippen LogP contribution in [0.5, 0.6) is 5.75 Å². The summed E-state index contributed by atoms with van der Waals surface area (Å²) in [6.45, 7) is 3.15. The molecule has 2 atom stereocenters. The Morgan fingerprint density at radius 3 is 2.67 bits per heavy atom. The number of hydrogen-bond acceptors (Lipinski definition) is 2. The lowest BCUT2D eigenvalue weighted by atomic mass is 10.1. The molecule has 0 aliphatic heterocycles. The van der Waals surface area contributed by atoms with Gasteiger partial charge in [-0.15, -0.1) is 0 Å². The molecule has 0 heterocycles. The summed E-state index contributed by atoms with van der Waals surface area (Å²) in [6, 6.07) is 6.85. The van der Waals surface area contributed by atoms with Crippen LogP contribution in [0.4, 0.5) is 8.78 Å². The van der Waals surface area contributed by atoms with Gasteiger partial charge in [-0.3, -0.25) is 0 Å². The van der Waals surface area contributed by atoms with Gasteiger partial charge in [-0.25, -0.2) is 4.99 Å². The smallest absolute Gasteiger partial charge is 0.387 e. The molecule has 6 heteroatoms. The lowest BCUT2D eigenvalue weighted by molar-refractivity contribution is -0.0504. The number of alkyl halides is 2. The number of nitrogens with zero attached hydrogens (tertiary/aromatic N) is 1. The summed E-state index contributed by atoms with van der Waals surface area (Å²) in [5.74, 6) is 0.681. The predicted molar refractivity (Wildman–Crippen MR) is 78.7 cm³/mol. The van der Waals surface area contributed by atoms with Crippen LogP contribution in [-0.2, 0) is 0 Å². The topological polar surface area (TPSA) is 59.6 Å². The van der Waals surface area contributed by atoms with Gasteiger partial charge in [0.05, 0.1) is 6.04 Å². The van der Waals surface area contributed by atoms with Crippen molar-refractivity contribution >= 4 is 5.96 Å². The maximum Gasteiger partial charge on any atom is 0.387 e. The van der Waals surface area contributed by atoms with E-state index in [0.717, 1.165) is 12.0 Å². The zero-order chi connectivity index (χ0) is 15.6. The fraction of sp³-hybridized carbons (Fsp3) is 0.533. The first-order valence-corrected chi connectivity index (χ1v) is 6.91. The van der Waals surface area contributed by atoms with Crippen LogP contribution >= 0.6 is 0 Å². The van der Waals surface area contributed by atoms with E-state index in [1.165, 1.54) is 0 Å². The molecular weight excluding hydrogens is 276 g/mol. The first kappa shape index (κ1) is 15.5. The number of nitrogens with one attached hydrogen (secondary N) is 1. The van der Waals surface area contributed by atoms with Crippen molar-refractivity contribution in [2.45, 2.75) is 51.3 Å². The minimum absolute atomic E-state index is 0.0160. The van der Waals surface area contributed by atoms with Crippen molar-refractivity contribution in [1.82, 2.24) is 5.32 Å². The molecule has 0 amide bonds. The number of halogens is 2. The average molecular weight is 297 g/mol. The fourth-order valence-electron chi connectivity index (χ4n) is 2.24. The molecule has 0 saturated heterocycles. The van der Waals surface area contributed by atoms with Gasteiger partial charge < -0.3 is 15.8 Å². The summed E-state index contributed by atoms with van der Waals surface area (Å²) in [6.07, 6.45) is 0.788. The highest BCUT2D eigenvalue weighted by molar-refractivity contribution is 5.79. The third kappa shape index (κ3) is 4.58. The van der Waals surface area contributed by atoms with Crippen molar-refractivity contribution in [3.05, 3.63) is 29.8 Å². The minimum Gasteiger partial charge on any atom is -0.435 e. The van der Waals surface area contributed by atoms with Crippen LogP contribution in [0.25, 0.3) is 0 Å². The van der Waals surface area contributed by atoms with E-state index in [9.17, 15) is 8.78 Å². The van der Waals surface area contributed by atoms with Gasteiger partial charge in [0.25, 0.3) is 0 Å². The Morgan fingerprint density at radius 1 is 1.38 bits per heavy atom. The Kier molecular flexibility index (Phi) is 4.34. The van der Waals surface area contributed by atoms with Crippen LogP contribution in [-0.4, -0.2) is 24.2 Å². The van der Waals surface area contributed by atoms with E-state index in [-0.39, 0.29) is 23.2 Å². The molecule has 1 aliphatic rings. The van der Waals surface area contributed by atoms with Crippen LogP contribution in [0.15, 0.2) is 29.3 Å². The van der Waals surface area contributed by atoms with Crippen LogP contribution in [0.3, 0.4) is 0 Å². The standard InChI is InChI=1S/C15H21F2N3O/c1-15(2,3)20-14(18)19-11-8-10(11)9-6-4-5-7-12(9)21-13(16)17/h4-7,10-11,13H,8H2,1-3H3,(H3,18,19,20)/t10-,11+/m1/s1. The van der Waals surface area contributed by atoms with E-state index in [1.54, 1.807) is 18.2 Å². The quantitative estimate of drug-likeness (QED) is 0.663. The van der Waals surface area contributed by atoms with Crippen molar-refractivity contribution in [1.29, 1.82) is 0 Å². The number of ether oxygens (including phenoxy) is 1. The molecular formula is C15H21F2N3O. The number of nitrogens with two attached hydrogens (primary N) is 1. The van der Waals surface area contributed by atoms with E-state index >= 15 is 0 Å². The summed E-state index contributed by atoms with van der Waals surface area (Å²) in [5, 5.41) is 3.09. The normalized spacial score (nSPS) is 22.3. The molecule has 0 unspecified atom stereocenters. The molecule has 3 N–H and O–H groups in total. The number of aliphatic imine (C=N–C) groups is 1. The van der Waals surface area contributed by atoms with Crippen LogP contribution in [0, 0.1) is 0 Å². The first-order valence-electron chi connectivity index (χ1n) is 6.91. The molecule has 0 bridgehead atoms. The first-order chi connectivity index (χ1) is 9.76. The molecule has 21 heavy (non-hydrogen) atoms. The van der Waals surface area contributed by atoms with E-state index in [1.807, 2.05) is 26.8 Å². The van der Waals surface area contributed by atoms with Crippen molar-refractivity contribution in [3.8, 4) is 5.75 Å². The molecule has 4 nitrogen and oxygen atoms in total. The molecule has 2 rings (SSSR count). The number of rotatable bonds is 4. The zero-order valence-corrected chi connectivity index (χ0v) is 12.4. The Balaban J connectivity index is 2.05. The Morgan fingerprint density at radius 2 is 2.05 bits per heavy atom. The summed E-state index contributed by atoms with van der Waals surface area (Å²) < 4.78 is 29.3. The maximum atomic E-state index is 12.4. The van der Waals surface area contributed by atoms with Crippen molar-refractivity contribution < 1.29 is 13.5 Å². The Labute approximate surface area is 123 Å². The second-order valence-electron chi connectivity index (χ2n) is 6.22. The van der Waals surface area contributed by atoms with Gasteiger partial charge >= 0.3 is 6.61 Å². The molecule has 1 aromatic rings. The molecule has 1 aliphatic carbocycles. The molecule has 0 aromatic heterocycles. The molecule has 1 fully saturated rings. The molecule has 116 valence electrons. The van der Waals surface area contributed by atoms with Gasteiger partial charge in [-0.05, 0) is 38.8 Å². The largest absolute Gasteiger partial charge is 0.435 e. The van der Waals surface area contributed by atoms with Crippen molar-refractivity contribution in [2.75, 3.05) is 0 Å². The van der Waals surface area contributed by atoms with Gasteiger partial charge in [0, 0.05) is 11.5 Å². The lowest BCUT2D eigenvalue weighted by Crippen LogP contribution is -2.45. The van der Waals surface area contributed by atoms with Crippen LogP contribution < -0.4 is 15.8 Å². The summed E-state index contributed by atoms with van der Waals surface area (Å²) in [7, 11) is 0. The summed E-state index contributed by atoms with van der Waals surface area (Å²) in [4.78, 5) is 4.39. The maximum absolute atomic E-state index is 12.4. The van der Waals surface area contributed by atoms with E-state index in [4.69, 9.17) is 5.73 Å². The van der Waals surface area contributed by atoms with Crippen LogP contribution in [0.1, 0.15) is 38.7 Å². The van der Waals surface area contributed by atoms with E-state index < -0.39 is 6.61 Å². The Hall–Kier alpha value is -1.85. The SMILES string of the molecule is CC(C)(C)NC(N)=N[C@H]1C[C@@H]1c1ccccc1OC(F)F. The highest BCUT2D eigenvalue weighted by Crippen LogP contribution is 2.47. The molecule has 1 saturated carbocycles. The second kappa shape index (κ2) is 5.87. The number of guanidine groups is 1. The summed E-state index contributed by atoms with van der Waals surface area (Å²) in [5.41, 5.74) is 6.45. The highest BCUT2D eigenvalue weighted by atomic mass is 19.3. The van der Waals surface area contributed by atoms with Gasteiger partial charge in [0.2, 0.25) is 0 Å². The molecule has 0 radical (unpaired) electrons.